The van der Waals surface area contributed by atoms with E-state index in [0.717, 1.165) is 13.2 Å². The smallest absolute Gasteiger partial charge is 0.416 e. The zero-order valence-electron chi connectivity index (χ0n) is 18.1. The van der Waals surface area contributed by atoms with E-state index in [1.54, 1.807) is 20.8 Å². The maximum Gasteiger partial charge on any atom is 0.416 e. The molecular weight excluding hydrogens is 427 g/mol. The Morgan fingerprint density at radius 3 is 2.47 bits per heavy atom. The van der Waals surface area contributed by atoms with E-state index in [-0.39, 0.29) is 29.7 Å². The van der Waals surface area contributed by atoms with Crippen LogP contribution in [-0.2, 0) is 30.0 Å². The molecule has 0 aromatic heterocycles. The maximum atomic E-state index is 13.9. The van der Waals surface area contributed by atoms with Gasteiger partial charge in [0.25, 0.3) is 0 Å². The number of methoxy groups -OCH3 is 1. The van der Waals surface area contributed by atoms with Crippen molar-refractivity contribution in [1.82, 2.24) is 5.32 Å². The summed E-state index contributed by atoms with van der Waals surface area (Å²) in [6, 6.07) is 4.81. The third-order valence-corrected chi connectivity index (χ3v) is 5.82. The summed E-state index contributed by atoms with van der Waals surface area (Å²) >= 11 is 0. The lowest BCUT2D eigenvalue weighted by Gasteiger charge is -2.38. The lowest BCUT2D eigenvalue weighted by molar-refractivity contribution is -0.151. The molecule has 1 aliphatic heterocycles. The second-order valence-electron chi connectivity index (χ2n) is 7.84. The van der Waals surface area contributed by atoms with Gasteiger partial charge in [-0.1, -0.05) is 25.1 Å². The Labute approximate surface area is 183 Å². The normalized spacial score (nSPS) is 23.5. The number of hydrogen-bond acceptors (Lipinski definition) is 6. The quantitative estimate of drug-likeness (QED) is 0.553. The van der Waals surface area contributed by atoms with Gasteiger partial charge in [-0.25, -0.2) is 4.79 Å². The molecule has 2 aliphatic rings. The second-order valence-corrected chi connectivity index (χ2v) is 7.84. The summed E-state index contributed by atoms with van der Waals surface area (Å²) in [5.41, 5.74) is -0.633. The molecule has 0 spiro atoms. The summed E-state index contributed by atoms with van der Waals surface area (Å²) in [7, 11) is 1.15. The Hall–Kier alpha value is -3.10. The fraction of sp³-hybridized carbons (Fsp3) is 0.435. The molecule has 1 aromatic rings. The molecule has 0 amide bonds. The highest BCUT2D eigenvalue weighted by Gasteiger charge is 2.49. The summed E-state index contributed by atoms with van der Waals surface area (Å²) < 4.78 is 51.6. The molecule has 32 heavy (non-hydrogen) atoms. The Bertz CT molecular complexity index is 1020. The highest BCUT2D eigenvalue weighted by molar-refractivity contribution is 6.12. The van der Waals surface area contributed by atoms with E-state index >= 15 is 0 Å². The minimum Gasteiger partial charge on any atom is -0.468 e. The van der Waals surface area contributed by atoms with Gasteiger partial charge in [-0.05, 0) is 37.8 Å². The number of rotatable bonds is 4. The van der Waals surface area contributed by atoms with Crippen molar-refractivity contribution in [2.24, 2.45) is 11.8 Å². The number of nitrogens with one attached hydrogen (secondary N) is 1. The van der Waals surface area contributed by atoms with Crippen LogP contribution in [0.25, 0.3) is 0 Å². The second kappa shape index (κ2) is 8.80. The van der Waals surface area contributed by atoms with Crippen LogP contribution in [-0.4, -0.2) is 31.4 Å². The first-order valence-electron chi connectivity index (χ1n) is 10.2. The molecule has 3 rings (SSSR count). The largest absolute Gasteiger partial charge is 0.468 e. The molecule has 1 aromatic carbocycles. The summed E-state index contributed by atoms with van der Waals surface area (Å²) in [4.78, 5) is 38.7. The number of alkyl halides is 3. The van der Waals surface area contributed by atoms with Crippen LogP contribution in [0.3, 0.4) is 0 Å². The number of halogens is 3. The van der Waals surface area contributed by atoms with Gasteiger partial charge in [0.15, 0.2) is 5.78 Å². The summed E-state index contributed by atoms with van der Waals surface area (Å²) in [5, 5.41) is 3.01. The number of esters is 2. The molecular formula is C23H24F3NO5. The fourth-order valence-corrected chi connectivity index (χ4v) is 4.48. The van der Waals surface area contributed by atoms with Gasteiger partial charge in [0.1, 0.15) is 5.92 Å². The molecule has 172 valence electrons. The van der Waals surface area contributed by atoms with Crippen molar-refractivity contribution in [2.45, 2.75) is 39.3 Å². The van der Waals surface area contributed by atoms with Crippen LogP contribution in [0.5, 0.6) is 0 Å². The molecule has 0 fully saturated rings. The standard InChI is InChI=1S/C23H24F3NO5/c1-5-32-22(30)17-12(3)27-15-10-11(2)16(21(29)31-4)20(28)19(15)18(17)13-8-6-7-9-14(13)23(24,25)26/h6-9,11,16,18,27H,5,10H2,1-4H3/t11-,16-,18+/m0/s1. The predicted molar refractivity (Wildman–Crippen MR) is 108 cm³/mol. The SMILES string of the molecule is CCOC(=O)C1=C(C)NC2=C(C(=O)[C@@H](C(=O)OC)[C@@H](C)C2)[C@@H]1c1ccccc1C(F)(F)F. The van der Waals surface area contributed by atoms with Crippen molar-refractivity contribution >= 4 is 17.7 Å². The molecule has 6 nitrogen and oxygen atoms in total. The van der Waals surface area contributed by atoms with E-state index in [4.69, 9.17) is 9.47 Å². The van der Waals surface area contributed by atoms with Crippen LogP contribution in [0.4, 0.5) is 13.2 Å². The number of dihydropyridines is 1. The average Bonchev–Trinajstić information content (AvgIpc) is 2.72. The van der Waals surface area contributed by atoms with E-state index < -0.39 is 47.2 Å². The van der Waals surface area contributed by atoms with Crippen molar-refractivity contribution in [1.29, 1.82) is 0 Å². The van der Waals surface area contributed by atoms with Gasteiger partial charge >= 0.3 is 18.1 Å². The summed E-state index contributed by atoms with van der Waals surface area (Å²) in [6.45, 7) is 4.84. The zero-order valence-corrected chi connectivity index (χ0v) is 18.1. The monoisotopic (exact) mass is 451 g/mol. The number of carbonyl (C=O) groups excluding carboxylic acids is 3. The van der Waals surface area contributed by atoms with Gasteiger partial charge in [-0.2, -0.15) is 13.2 Å². The van der Waals surface area contributed by atoms with Gasteiger partial charge in [0, 0.05) is 22.9 Å². The van der Waals surface area contributed by atoms with Crippen LogP contribution >= 0.6 is 0 Å². The minimum atomic E-state index is -4.72. The lowest BCUT2D eigenvalue weighted by Crippen LogP contribution is -2.43. The number of Topliss-reactive ketones (excluding diaryl/α,β-unsaturated/α-hetero) is 1. The molecule has 9 heteroatoms. The number of ether oxygens (including phenoxy) is 2. The van der Waals surface area contributed by atoms with Crippen LogP contribution in [0.15, 0.2) is 46.8 Å². The van der Waals surface area contributed by atoms with Crippen molar-refractivity contribution in [3.8, 4) is 0 Å². The number of benzene rings is 1. The van der Waals surface area contributed by atoms with E-state index in [0.29, 0.717) is 11.4 Å². The van der Waals surface area contributed by atoms with Crippen LogP contribution in [0.1, 0.15) is 44.2 Å². The number of ketones is 1. The van der Waals surface area contributed by atoms with Crippen molar-refractivity contribution in [3.63, 3.8) is 0 Å². The zero-order chi connectivity index (χ0) is 23.8. The van der Waals surface area contributed by atoms with Gasteiger partial charge in [-0.3, -0.25) is 9.59 Å². The number of hydrogen-bond donors (Lipinski definition) is 1. The van der Waals surface area contributed by atoms with Gasteiger partial charge in [0.05, 0.1) is 24.9 Å². The maximum absolute atomic E-state index is 13.9. The predicted octanol–water partition coefficient (Wildman–Crippen LogP) is 3.88. The Balaban J connectivity index is 2.29. The molecule has 1 aliphatic carbocycles. The van der Waals surface area contributed by atoms with Crippen LogP contribution in [0.2, 0.25) is 0 Å². The highest BCUT2D eigenvalue weighted by Crippen LogP contribution is 2.48. The summed E-state index contributed by atoms with van der Waals surface area (Å²) in [6.07, 6.45) is -4.48. The van der Waals surface area contributed by atoms with E-state index in [2.05, 4.69) is 5.32 Å². The van der Waals surface area contributed by atoms with Gasteiger partial charge in [-0.15, -0.1) is 0 Å². The Kier molecular flexibility index (Phi) is 6.48. The third kappa shape index (κ3) is 4.03. The lowest BCUT2D eigenvalue weighted by atomic mass is 9.68. The van der Waals surface area contributed by atoms with Crippen molar-refractivity contribution in [3.05, 3.63) is 57.9 Å². The van der Waals surface area contributed by atoms with Crippen molar-refractivity contribution < 1.29 is 37.0 Å². The molecule has 0 bridgehead atoms. The molecule has 0 saturated carbocycles. The number of allylic oxidation sites excluding steroid dienone is 3. The Morgan fingerprint density at radius 2 is 1.88 bits per heavy atom. The van der Waals surface area contributed by atoms with E-state index in [9.17, 15) is 27.6 Å². The Morgan fingerprint density at radius 1 is 1.22 bits per heavy atom. The molecule has 1 heterocycles. The number of carbonyl (C=O) groups is 3. The highest BCUT2D eigenvalue weighted by atomic mass is 19.4. The van der Waals surface area contributed by atoms with Gasteiger partial charge < -0.3 is 14.8 Å². The molecule has 0 saturated heterocycles. The van der Waals surface area contributed by atoms with Crippen LogP contribution in [0, 0.1) is 11.8 Å². The molecule has 0 unspecified atom stereocenters. The van der Waals surface area contributed by atoms with Crippen LogP contribution < -0.4 is 5.32 Å². The summed E-state index contributed by atoms with van der Waals surface area (Å²) in [5.74, 6) is -5.20. The minimum absolute atomic E-state index is 0.00488. The van der Waals surface area contributed by atoms with Gasteiger partial charge in [0.2, 0.25) is 0 Å². The first-order chi connectivity index (χ1) is 15.0. The topological polar surface area (TPSA) is 81.7 Å². The molecule has 1 N–H and O–H groups in total. The first-order valence-corrected chi connectivity index (χ1v) is 10.2. The molecule has 0 radical (unpaired) electrons. The first kappa shape index (κ1) is 23.6. The van der Waals surface area contributed by atoms with E-state index in [1.807, 2.05) is 0 Å². The van der Waals surface area contributed by atoms with Crippen molar-refractivity contribution in [2.75, 3.05) is 13.7 Å². The molecule has 3 atom stereocenters. The average molecular weight is 451 g/mol. The fourth-order valence-electron chi connectivity index (χ4n) is 4.48. The van der Waals surface area contributed by atoms with E-state index in [1.165, 1.54) is 18.2 Å². The third-order valence-electron chi connectivity index (χ3n) is 5.82.